The molecule has 3 rings (SSSR count). The van der Waals surface area contributed by atoms with Crippen LogP contribution in [0.15, 0.2) is 30.3 Å². The van der Waals surface area contributed by atoms with Gasteiger partial charge in [-0.05, 0) is 37.7 Å². The van der Waals surface area contributed by atoms with Crippen molar-refractivity contribution in [2.24, 2.45) is 5.41 Å². The Morgan fingerprint density at radius 1 is 1.24 bits per heavy atom. The first-order valence-corrected chi connectivity index (χ1v) is 7.67. The first-order valence-electron chi connectivity index (χ1n) is 7.67. The van der Waals surface area contributed by atoms with Gasteiger partial charge in [0.2, 0.25) is 5.91 Å². The molecular weight excluding hydrogens is 266 g/mol. The Kier molecular flexibility index (Phi) is 3.70. The Bertz CT molecular complexity index is 536. The molecule has 0 aromatic heterocycles. The molecule has 1 amide bonds. The summed E-state index contributed by atoms with van der Waals surface area (Å²) in [6, 6.07) is 9.99. The molecule has 2 fully saturated rings. The number of rotatable bonds is 5. The Morgan fingerprint density at radius 2 is 1.95 bits per heavy atom. The molecule has 112 valence electrons. The molecule has 1 atom stereocenters. The van der Waals surface area contributed by atoms with Crippen molar-refractivity contribution in [1.29, 1.82) is 0 Å². The second-order valence-corrected chi connectivity index (χ2v) is 6.34. The number of carboxylic acids is 1. The molecule has 2 aliphatic rings. The fourth-order valence-electron chi connectivity index (χ4n) is 3.43. The van der Waals surface area contributed by atoms with Crippen molar-refractivity contribution in [2.75, 3.05) is 6.54 Å². The van der Waals surface area contributed by atoms with Gasteiger partial charge in [-0.2, -0.15) is 0 Å². The van der Waals surface area contributed by atoms with Crippen LogP contribution in [0.5, 0.6) is 0 Å². The number of aliphatic carboxylic acids is 1. The van der Waals surface area contributed by atoms with E-state index in [4.69, 9.17) is 5.11 Å². The van der Waals surface area contributed by atoms with Gasteiger partial charge in [0.25, 0.3) is 0 Å². The van der Waals surface area contributed by atoms with Gasteiger partial charge in [-0.15, -0.1) is 0 Å². The summed E-state index contributed by atoms with van der Waals surface area (Å²) >= 11 is 0. The van der Waals surface area contributed by atoms with E-state index in [1.165, 1.54) is 5.56 Å². The molecule has 0 bridgehead atoms. The lowest BCUT2D eigenvalue weighted by molar-refractivity contribution is -0.142. The molecule has 0 spiro atoms. The summed E-state index contributed by atoms with van der Waals surface area (Å²) in [6.07, 6.45) is 4.45. The van der Waals surface area contributed by atoms with E-state index in [1.54, 1.807) is 0 Å². The standard InChI is InChI=1S/C17H21NO3/c19-15(20)11-14-7-4-10-18(14)16(21)17(8-9-17)12-13-5-2-1-3-6-13/h1-3,5-6,14H,4,7-12H2,(H,19,20). The van der Waals surface area contributed by atoms with E-state index >= 15 is 0 Å². The lowest BCUT2D eigenvalue weighted by Gasteiger charge is -2.28. The third-order valence-corrected chi connectivity index (χ3v) is 4.74. The molecule has 1 aliphatic carbocycles. The number of hydrogen-bond acceptors (Lipinski definition) is 2. The van der Waals surface area contributed by atoms with Crippen molar-refractivity contribution in [1.82, 2.24) is 4.90 Å². The topological polar surface area (TPSA) is 57.6 Å². The molecule has 1 heterocycles. The number of nitrogens with zero attached hydrogens (tertiary/aromatic N) is 1. The SMILES string of the molecule is O=C(O)CC1CCCN1C(=O)C1(Cc2ccccc2)CC1. The quantitative estimate of drug-likeness (QED) is 0.905. The van der Waals surface area contributed by atoms with E-state index in [0.29, 0.717) is 6.54 Å². The number of benzene rings is 1. The third-order valence-electron chi connectivity index (χ3n) is 4.74. The number of likely N-dealkylation sites (tertiary alicyclic amines) is 1. The van der Waals surface area contributed by atoms with Crippen LogP contribution < -0.4 is 0 Å². The summed E-state index contributed by atoms with van der Waals surface area (Å²) < 4.78 is 0. The van der Waals surface area contributed by atoms with E-state index in [0.717, 1.165) is 32.1 Å². The minimum atomic E-state index is -0.812. The van der Waals surface area contributed by atoms with E-state index in [2.05, 4.69) is 12.1 Å². The highest BCUT2D eigenvalue weighted by atomic mass is 16.4. The Labute approximate surface area is 124 Å². The summed E-state index contributed by atoms with van der Waals surface area (Å²) in [5.74, 6) is -0.636. The maximum absolute atomic E-state index is 12.9. The lowest BCUT2D eigenvalue weighted by Crippen LogP contribution is -2.42. The zero-order valence-electron chi connectivity index (χ0n) is 12.1. The number of carbonyl (C=O) groups is 2. The fraction of sp³-hybridized carbons (Fsp3) is 0.529. The van der Waals surface area contributed by atoms with Crippen molar-refractivity contribution in [3.8, 4) is 0 Å². The first kappa shape index (κ1) is 14.1. The predicted octanol–water partition coefficient (Wildman–Crippen LogP) is 2.48. The lowest BCUT2D eigenvalue weighted by atomic mass is 9.94. The normalized spacial score (nSPS) is 23.0. The number of hydrogen-bond donors (Lipinski definition) is 1. The Balaban J connectivity index is 1.71. The fourth-order valence-corrected chi connectivity index (χ4v) is 3.43. The summed E-state index contributed by atoms with van der Waals surface area (Å²) in [5, 5.41) is 8.99. The highest BCUT2D eigenvalue weighted by Crippen LogP contribution is 2.50. The van der Waals surface area contributed by atoms with Crippen molar-refractivity contribution >= 4 is 11.9 Å². The molecule has 4 nitrogen and oxygen atoms in total. The van der Waals surface area contributed by atoms with Gasteiger partial charge in [0.1, 0.15) is 0 Å². The van der Waals surface area contributed by atoms with Crippen LogP contribution in [-0.4, -0.2) is 34.5 Å². The number of carboxylic acid groups (broad SMARTS) is 1. The monoisotopic (exact) mass is 287 g/mol. The summed E-state index contributed by atoms with van der Waals surface area (Å²) in [5.41, 5.74) is 0.931. The second-order valence-electron chi connectivity index (χ2n) is 6.34. The van der Waals surface area contributed by atoms with Crippen molar-refractivity contribution < 1.29 is 14.7 Å². The van der Waals surface area contributed by atoms with Gasteiger partial charge in [-0.3, -0.25) is 9.59 Å². The zero-order valence-corrected chi connectivity index (χ0v) is 12.1. The third kappa shape index (κ3) is 2.94. The van der Waals surface area contributed by atoms with Gasteiger partial charge >= 0.3 is 5.97 Å². The average molecular weight is 287 g/mol. The van der Waals surface area contributed by atoms with Crippen LogP contribution in [0.25, 0.3) is 0 Å². The Hall–Kier alpha value is -1.84. The molecule has 21 heavy (non-hydrogen) atoms. The Morgan fingerprint density at radius 3 is 2.57 bits per heavy atom. The minimum Gasteiger partial charge on any atom is -0.481 e. The largest absolute Gasteiger partial charge is 0.481 e. The average Bonchev–Trinajstić information content (AvgIpc) is 3.10. The summed E-state index contributed by atoms with van der Waals surface area (Å²) in [6.45, 7) is 0.716. The first-order chi connectivity index (χ1) is 10.1. The van der Waals surface area contributed by atoms with Crippen LogP contribution in [0, 0.1) is 5.41 Å². The van der Waals surface area contributed by atoms with Gasteiger partial charge in [0.05, 0.1) is 11.8 Å². The molecule has 1 unspecified atom stereocenters. The molecule has 4 heteroatoms. The predicted molar refractivity (Wildman–Crippen MR) is 78.8 cm³/mol. The van der Waals surface area contributed by atoms with Gasteiger partial charge < -0.3 is 10.0 Å². The minimum absolute atomic E-state index is 0.0765. The van der Waals surface area contributed by atoms with Gasteiger partial charge in [0.15, 0.2) is 0 Å². The van der Waals surface area contributed by atoms with E-state index in [9.17, 15) is 9.59 Å². The van der Waals surface area contributed by atoms with Crippen molar-refractivity contribution in [2.45, 2.75) is 44.6 Å². The highest BCUT2D eigenvalue weighted by Gasteiger charge is 2.52. The molecule has 1 aromatic rings. The molecule has 1 saturated carbocycles. The van der Waals surface area contributed by atoms with Crippen LogP contribution in [-0.2, 0) is 16.0 Å². The molecule has 1 saturated heterocycles. The number of carbonyl (C=O) groups excluding carboxylic acids is 1. The van der Waals surface area contributed by atoms with Crippen LogP contribution in [0.2, 0.25) is 0 Å². The second kappa shape index (κ2) is 5.51. The maximum atomic E-state index is 12.9. The van der Waals surface area contributed by atoms with Gasteiger partial charge in [-0.25, -0.2) is 0 Å². The maximum Gasteiger partial charge on any atom is 0.305 e. The van der Waals surface area contributed by atoms with Crippen LogP contribution in [0.3, 0.4) is 0 Å². The molecule has 1 N–H and O–H groups in total. The zero-order chi connectivity index (χ0) is 14.9. The molecule has 1 aliphatic heterocycles. The smallest absolute Gasteiger partial charge is 0.305 e. The highest BCUT2D eigenvalue weighted by molar-refractivity contribution is 5.86. The molecule has 1 aromatic carbocycles. The van der Waals surface area contributed by atoms with Crippen molar-refractivity contribution in [3.63, 3.8) is 0 Å². The van der Waals surface area contributed by atoms with Gasteiger partial charge in [-0.1, -0.05) is 30.3 Å². The van der Waals surface area contributed by atoms with E-state index < -0.39 is 5.97 Å². The van der Waals surface area contributed by atoms with Crippen LogP contribution >= 0.6 is 0 Å². The summed E-state index contributed by atoms with van der Waals surface area (Å²) in [7, 11) is 0. The van der Waals surface area contributed by atoms with Crippen LogP contribution in [0.4, 0.5) is 0 Å². The van der Waals surface area contributed by atoms with Gasteiger partial charge in [0, 0.05) is 12.6 Å². The molecule has 0 radical (unpaired) electrons. The van der Waals surface area contributed by atoms with Crippen LogP contribution in [0.1, 0.15) is 37.7 Å². The molecular formula is C17H21NO3. The summed E-state index contributed by atoms with van der Waals surface area (Å²) in [4.78, 5) is 25.6. The van der Waals surface area contributed by atoms with E-state index in [-0.39, 0.29) is 23.8 Å². The van der Waals surface area contributed by atoms with Crippen molar-refractivity contribution in [3.05, 3.63) is 35.9 Å². The van der Waals surface area contributed by atoms with E-state index in [1.807, 2.05) is 23.1 Å². The number of amides is 1.